The van der Waals surface area contributed by atoms with E-state index < -0.39 is 0 Å². The smallest absolute Gasteiger partial charge is 0.341 e. The lowest BCUT2D eigenvalue weighted by Gasteiger charge is -2.19. The van der Waals surface area contributed by atoms with Crippen LogP contribution in [0.3, 0.4) is 0 Å². The molecule has 3 rings (SSSR count). The van der Waals surface area contributed by atoms with Crippen molar-refractivity contribution in [1.82, 2.24) is 24.1 Å². The quantitative estimate of drug-likeness (QED) is 0.790. The minimum Gasteiger partial charge on any atom is -0.341 e. The van der Waals surface area contributed by atoms with Crippen molar-refractivity contribution < 1.29 is 4.79 Å². The number of amides is 1. The van der Waals surface area contributed by atoms with E-state index in [9.17, 15) is 9.59 Å². The largest absolute Gasteiger partial charge is 0.352 e. The van der Waals surface area contributed by atoms with Gasteiger partial charge in [0.2, 0.25) is 5.91 Å². The lowest BCUT2D eigenvalue weighted by Crippen LogP contribution is -2.37. The van der Waals surface area contributed by atoms with Crippen LogP contribution >= 0.6 is 0 Å². The third kappa shape index (κ3) is 2.43. The van der Waals surface area contributed by atoms with E-state index in [2.05, 4.69) is 10.1 Å². The predicted molar refractivity (Wildman–Crippen MR) is 72.3 cm³/mol. The third-order valence-electron chi connectivity index (χ3n) is 3.61. The highest BCUT2D eigenvalue weighted by Crippen LogP contribution is 2.09. The second kappa shape index (κ2) is 5.44. The number of aromatic nitrogens is 4. The van der Waals surface area contributed by atoms with Crippen LogP contribution in [0.1, 0.15) is 25.7 Å². The van der Waals surface area contributed by atoms with Crippen molar-refractivity contribution in [3.8, 4) is 0 Å². The number of fused-ring (bicyclic) bond motifs is 1. The number of likely N-dealkylation sites (tertiary alicyclic amines) is 1. The fraction of sp³-hybridized carbons (Fsp3) is 0.538. The molecule has 0 unspecified atom stereocenters. The first kappa shape index (κ1) is 12.8. The molecule has 1 fully saturated rings. The molecule has 0 aliphatic carbocycles. The first-order valence-electron chi connectivity index (χ1n) is 6.94. The van der Waals surface area contributed by atoms with Crippen LogP contribution in [-0.4, -0.2) is 43.1 Å². The molecule has 0 spiro atoms. The fourth-order valence-electron chi connectivity index (χ4n) is 2.51. The molecule has 2 aromatic rings. The van der Waals surface area contributed by atoms with Crippen LogP contribution in [0.5, 0.6) is 0 Å². The summed E-state index contributed by atoms with van der Waals surface area (Å²) in [5, 5.41) is 4.08. The maximum atomic E-state index is 12.2. The highest BCUT2D eigenvalue weighted by atomic mass is 16.2. The lowest BCUT2D eigenvalue weighted by molar-refractivity contribution is -0.132. The molecule has 1 saturated heterocycles. The molecule has 1 amide bonds. The number of hydrogen-bond donors (Lipinski definition) is 0. The van der Waals surface area contributed by atoms with Crippen LogP contribution in [-0.2, 0) is 11.3 Å². The van der Waals surface area contributed by atoms with Crippen molar-refractivity contribution in [1.29, 1.82) is 0 Å². The topological polar surface area (TPSA) is 72.5 Å². The minimum absolute atomic E-state index is 0.0117. The Morgan fingerprint density at radius 1 is 1.20 bits per heavy atom. The summed E-state index contributed by atoms with van der Waals surface area (Å²) in [5.74, 6) is 0.276. The van der Waals surface area contributed by atoms with Crippen molar-refractivity contribution in [2.45, 2.75) is 32.2 Å². The molecule has 1 aliphatic heterocycles. The van der Waals surface area contributed by atoms with E-state index >= 15 is 0 Å². The zero-order chi connectivity index (χ0) is 13.9. The first-order valence-corrected chi connectivity index (χ1v) is 6.94. The van der Waals surface area contributed by atoms with Crippen LogP contribution in [0.15, 0.2) is 23.3 Å². The maximum absolute atomic E-state index is 12.2. The Hall–Kier alpha value is -2.18. The van der Waals surface area contributed by atoms with E-state index in [-0.39, 0.29) is 18.1 Å². The molecular weight excluding hydrogens is 258 g/mol. The van der Waals surface area contributed by atoms with Gasteiger partial charge in [0, 0.05) is 25.5 Å². The molecule has 3 heterocycles. The second-order valence-electron chi connectivity index (χ2n) is 5.02. The normalized spacial score (nSPS) is 16.3. The van der Waals surface area contributed by atoms with Crippen LogP contribution in [0.25, 0.3) is 5.78 Å². The summed E-state index contributed by atoms with van der Waals surface area (Å²) in [6.45, 7) is 1.54. The van der Waals surface area contributed by atoms with Gasteiger partial charge in [-0.05, 0) is 18.9 Å². The Morgan fingerprint density at radius 2 is 1.95 bits per heavy atom. The zero-order valence-electron chi connectivity index (χ0n) is 11.2. The molecule has 0 radical (unpaired) electrons. The first-order chi connectivity index (χ1) is 9.75. The molecule has 0 saturated carbocycles. The van der Waals surface area contributed by atoms with E-state index in [4.69, 9.17) is 0 Å². The Kier molecular flexibility index (Phi) is 3.49. The zero-order valence-corrected chi connectivity index (χ0v) is 11.2. The molecule has 0 atom stereocenters. The van der Waals surface area contributed by atoms with E-state index in [1.54, 1.807) is 18.5 Å². The van der Waals surface area contributed by atoms with Gasteiger partial charge in [-0.2, -0.15) is 0 Å². The average molecular weight is 275 g/mol. The van der Waals surface area contributed by atoms with E-state index in [1.165, 1.54) is 21.9 Å². The molecule has 106 valence electrons. The number of nitrogens with zero attached hydrogens (tertiary/aromatic N) is 5. The van der Waals surface area contributed by atoms with Gasteiger partial charge >= 0.3 is 5.69 Å². The van der Waals surface area contributed by atoms with E-state index in [0.29, 0.717) is 5.78 Å². The van der Waals surface area contributed by atoms with Crippen LogP contribution in [0.4, 0.5) is 0 Å². The lowest BCUT2D eigenvalue weighted by atomic mass is 10.2. The number of hydrogen-bond acceptors (Lipinski definition) is 4. The summed E-state index contributed by atoms with van der Waals surface area (Å²) >= 11 is 0. The van der Waals surface area contributed by atoms with Gasteiger partial charge in [0.15, 0.2) is 0 Å². The molecule has 1 aliphatic rings. The van der Waals surface area contributed by atoms with Crippen molar-refractivity contribution >= 4 is 11.7 Å². The van der Waals surface area contributed by atoms with Crippen LogP contribution < -0.4 is 5.69 Å². The maximum Gasteiger partial charge on any atom is 0.352 e. The Balaban J connectivity index is 1.80. The Labute approximate surface area is 115 Å². The summed E-state index contributed by atoms with van der Waals surface area (Å²) < 4.78 is 2.53. The van der Waals surface area contributed by atoms with Gasteiger partial charge in [-0.3, -0.25) is 4.79 Å². The molecule has 0 N–H and O–H groups in total. The number of carbonyl (C=O) groups excluding carboxylic acids is 1. The van der Waals surface area contributed by atoms with Crippen molar-refractivity contribution in [2.24, 2.45) is 0 Å². The van der Waals surface area contributed by atoms with Gasteiger partial charge in [-0.1, -0.05) is 12.8 Å². The standard InChI is InChI=1S/C13H17N5O2/c19-11(16-7-3-1-2-4-8-16)10-18-13(20)17-9-5-6-14-12(17)15-18/h5-6,9H,1-4,7-8,10H2. The van der Waals surface area contributed by atoms with Gasteiger partial charge in [0.25, 0.3) is 5.78 Å². The number of rotatable bonds is 2. The summed E-state index contributed by atoms with van der Waals surface area (Å²) in [4.78, 5) is 30.1. The minimum atomic E-state index is -0.323. The van der Waals surface area contributed by atoms with Crippen LogP contribution in [0.2, 0.25) is 0 Å². The van der Waals surface area contributed by atoms with Gasteiger partial charge in [-0.15, -0.1) is 5.10 Å². The monoisotopic (exact) mass is 275 g/mol. The van der Waals surface area contributed by atoms with Gasteiger partial charge in [0.05, 0.1) is 0 Å². The predicted octanol–water partition coefficient (Wildman–Crippen LogP) is 0.294. The molecular formula is C13H17N5O2. The van der Waals surface area contributed by atoms with E-state index in [1.807, 2.05) is 4.90 Å². The summed E-state index contributed by atoms with van der Waals surface area (Å²) in [6, 6.07) is 1.66. The van der Waals surface area contributed by atoms with E-state index in [0.717, 1.165) is 25.9 Å². The third-order valence-corrected chi connectivity index (χ3v) is 3.61. The highest BCUT2D eigenvalue weighted by molar-refractivity contribution is 5.75. The van der Waals surface area contributed by atoms with Gasteiger partial charge in [-0.25, -0.2) is 18.9 Å². The molecule has 0 aromatic carbocycles. The Morgan fingerprint density at radius 3 is 2.65 bits per heavy atom. The second-order valence-corrected chi connectivity index (χ2v) is 5.02. The summed E-state index contributed by atoms with van der Waals surface area (Å²) in [6.07, 6.45) is 7.58. The average Bonchev–Trinajstić information content (AvgIpc) is 2.67. The van der Waals surface area contributed by atoms with Gasteiger partial charge < -0.3 is 4.90 Å². The molecule has 0 bridgehead atoms. The molecule has 20 heavy (non-hydrogen) atoms. The summed E-state index contributed by atoms with van der Waals surface area (Å²) in [7, 11) is 0. The molecule has 7 heteroatoms. The van der Waals surface area contributed by atoms with Crippen molar-refractivity contribution in [2.75, 3.05) is 13.1 Å². The molecule has 7 nitrogen and oxygen atoms in total. The number of carbonyl (C=O) groups is 1. The van der Waals surface area contributed by atoms with Crippen LogP contribution in [0, 0.1) is 0 Å². The highest BCUT2D eigenvalue weighted by Gasteiger charge is 2.18. The van der Waals surface area contributed by atoms with Crippen molar-refractivity contribution in [3.05, 3.63) is 28.9 Å². The van der Waals surface area contributed by atoms with Crippen molar-refractivity contribution in [3.63, 3.8) is 0 Å². The molecule has 2 aromatic heterocycles. The summed E-state index contributed by atoms with van der Waals surface area (Å²) in [5.41, 5.74) is -0.323. The fourth-order valence-corrected chi connectivity index (χ4v) is 2.51. The van der Waals surface area contributed by atoms with Gasteiger partial charge in [0.1, 0.15) is 6.54 Å². The SMILES string of the molecule is O=C(Cn1nc2ncccn2c1=O)N1CCCCCC1. The Bertz CT molecular complexity index is 667.